The molecule has 7 rings (SSSR count). The highest BCUT2D eigenvalue weighted by molar-refractivity contribution is 8.17. The number of halogens is 1. The second-order valence-corrected chi connectivity index (χ2v) is 37.2. The van der Waals surface area contributed by atoms with Crippen molar-refractivity contribution < 1.29 is 8.85 Å². The lowest BCUT2D eigenvalue weighted by atomic mass is 9.73. The van der Waals surface area contributed by atoms with E-state index in [0.717, 1.165) is 19.6 Å². The van der Waals surface area contributed by atoms with E-state index in [1.54, 1.807) is 0 Å². The van der Waals surface area contributed by atoms with Crippen molar-refractivity contribution in [3.63, 3.8) is 0 Å². The van der Waals surface area contributed by atoms with Crippen LogP contribution in [0.4, 0.5) is 0 Å². The highest BCUT2D eigenvalue weighted by atomic mass is 35.6. The zero-order valence-corrected chi connectivity index (χ0v) is 45.5. The fourth-order valence-electron chi connectivity index (χ4n) is 10.2. The standard InChI is InChI=1S/C40H52O2S2Si2.C16H19ClSi/c1-38(2,3)45(33-21-13-9-14-22-33,34-23-15-10-16-24-34)41-30-32-29-40(43-7,44-8)37(32)31-42-46(39(4,5)6,35-25-17-11-18-26-35)36-27-19-12-20-28-36;1-16(2,3)18(17,14-10-6-4-7-11-14)15-12-8-5-9-13-15/h9-28,32,37H,29-31H2,1-8H3;4-13H,1-3H3/t32-,37-;/m0./s1. The van der Waals surface area contributed by atoms with E-state index < -0.39 is 24.0 Å². The van der Waals surface area contributed by atoms with Crippen LogP contribution in [0, 0.1) is 11.8 Å². The Morgan fingerprint density at radius 1 is 0.438 bits per heavy atom. The SMILES string of the molecule is CC(C)(C)[Si](Cl)(c1ccccc1)c1ccccc1.CSC1(SC)C[C@@H](CO[Si](c2ccccc2)(c2ccccc2)C(C)(C)C)[C@@H]1CO[Si](c1ccccc1)(c1ccccc1)C(C)(C)C. The van der Waals surface area contributed by atoms with Crippen LogP contribution >= 0.6 is 34.6 Å². The third kappa shape index (κ3) is 9.94. The minimum absolute atomic E-state index is 0.0452. The average Bonchev–Trinajstić information content (AvgIpc) is 3.29. The number of hydrogen-bond donors (Lipinski definition) is 0. The predicted molar refractivity (Wildman–Crippen MR) is 292 cm³/mol. The first-order valence-corrected chi connectivity index (χ1v) is 32.1. The van der Waals surface area contributed by atoms with Gasteiger partial charge < -0.3 is 8.85 Å². The van der Waals surface area contributed by atoms with Crippen molar-refractivity contribution in [3.05, 3.63) is 182 Å². The van der Waals surface area contributed by atoms with Gasteiger partial charge >= 0.3 is 0 Å². The minimum Gasteiger partial charge on any atom is -0.407 e. The molecule has 6 aromatic rings. The van der Waals surface area contributed by atoms with Crippen molar-refractivity contribution in [2.24, 2.45) is 11.8 Å². The molecule has 0 aliphatic heterocycles. The quantitative estimate of drug-likeness (QED) is 0.0615. The molecule has 1 aliphatic carbocycles. The van der Waals surface area contributed by atoms with Crippen LogP contribution < -0.4 is 31.1 Å². The summed E-state index contributed by atoms with van der Waals surface area (Å²) in [6, 6.07) is 65.3. The van der Waals surface area contributed by atoms with Gasteiger partial charge in [0.2, 0.25) is 7.38 Å². The fourth-order valence-corrected chi connectivity index (χ4v) is 26.1. The summed E-state index contributed by atoms with van der Waals surface area (Å²) >= 11 is 11.2. The van der Waals surface area contributed by atoms with Gasteiger partial charge in [-0.25, -0.2) is 0 Å². The first-order valence-electron chi connectivity index (χ1n) is 22.8. The van der Waals surface area contributed by atoms with Crippen LogP contribution in [-0.4, -0.2) is 53.8 Å². The molecule has 0 spiro atoms. The van der Waals surface area contributed by atoms with Gasteiger partial charge in [0.1, 0.15) is 0 Å². The number of hydrogen-bond acceptors (Lipinski definition) is 4. The molecular formula is C56H71ClO2S2Si3. The summed E-state index contributed by atoms with van der Waals surface area (Å²) in [6.07, 6.45) is 5.69. The maximum Gasteiger partial charge on any atom is 0.261 e. The Bertz CT molecular complexity index is 2190. The van der Waals surface area contributed by atoms with Gasteiger partial charge in [0.05, 0.1) is 4.08 Å². The lowest BCUT2D eigenvalue weighted by Gasteiger charge is -2.56. The van der Waals surface area contributed by atoms with Gasteiger partial charge in [-0.15, -0.1) is 23.5 Å². The van der Waals surface area contributed by atoms with Crippen LogP contribution in [0.5, 0.6) is 0 Å². The molecule has 0 unspecified atom stereocenters. The third-order valence-electron chi connectivity index (χ3n) is 13.6. The molecule has 6 aromatic carbocycles. The van der Waals surface area contributed by atoms with E-state index in [4.69, 9.17) is 19.9 Å². The molecule has 8 heteroatoms. The average molecular weight is 960 g/mol. The smallest absolute Gasteiger partial charge is 0.261 e. The van der Waals surface area contributed by atoms with Crippen LogP contribution in [0.25, 0.3) is 0 Å². The number of benzene rings is 6. The first kappa shape index (κ1) is 50.3. The molecule has 0 radical (unpaired) electrons. The Morgan fingerprint density at radius 2 is 0.703 bits per heavy atom. The Morgan fingerprint density at radius 3 is 0.953 bits per heavy atom. The zero-order valence-electron chi connectivity index (χ0n) is 40.1. The highest BCUT2D eigenvalue weighted by Gasteiger charge is 2.58. The molecule has 0 bridgehead atoms. The van der Waals surface area contributed by atoms with Gasteiger partial charge in [-0.1, -0.05) is 244 Å². The molecule has 64 heavy (non-hydrogen) atoms. The van der Waals surface area contributed by atoms with Crippen molar-refractivity contribution in [1.82, 2.24) is 0 Å². The Kier molecular flexibility index (Phi) is 16.4. The van der Waals surface area contributed by atoms with Crippen molar-refractivity contribution >= 4 is 89.7 Å². The van der Waals surface area contributed by atoms with Crippen molar-refractivity contribution in [2.45, 2.75) is 87.9 Å². The van der Waals surface area contributed by atoms with Crippen molar-refractivity contribution in [1.29, 1.82) is 0 Å². The number of rotatable bonds is 14. The number of thioether (sulfide) groups is 2. The van der Waals surface area contributed by atoms with E-state index in [0.29, 0.717) is 11.8 Å². The van der Waals surface area contributed by atoms with Gasteiger partial charge in [0, 0.05) is 19.1 Å². The van der Waals surface area contributed by atoms with Gasteiger partial charge in [-0.2, -0.15) is 11.1 Å². The lowest BCUT2D eigenvalue weighted by molar-refractivity contribution is 0.0516. The van der Waals surface area contributed by atoms with Crippen LogP contribution in [0.1, 0.15) is 68.7 Å². The van der Waals surface area contributed by atoms with Gasteiger partial charge in [-0.3, -0.25) is 0 Å². The minimum atomic E-state index is -2.66. The zero-order chi connectivity index (χ0) is 46.3. The largest absolute Gasteiger partial charge is 0.407 e. The van der Waals surface area contributed by atoms with Crippen molar-refractivity contribution in [3.8, 4) is 0 Å². The molecule has 0 saturated heterocycles. The summed E-state index contributed by atoms with van der Waals surface area (Å²) in [5, 5.41) is 7.90. The molecule has 1 saturated carbocycles. The summed E-state index contributed by atoms with van der Waals surface area (Å²) in [5.41, 5.74) is 0. The molecule has 1 fully saturated rings. The molecule has 0 N–H and O–H groups in total. The Hall–Kier alpha value is -3.12. The van der Waals surface area contributed by atoms with Gasteiger partial charge in [0.25, 0.3) is 16.6 Å². The van der Waals surface area contributed by atoms with Crippen LogP contribution in [-0.2, 0) is 8.85 Å². The van der Waals surface area contributed by atoms with Crippen LogP contribution in [0.2, 0.25) is 15.1 Å². The molecule has 2 nitrogen and oxygen atoms in total. The summed E-state index contributed by atoms with van der Waals surface area (Å²) < 4.78 is 15.2. The third-order valence-corrected chi connectivity index (χ3v) is 34.2. The predicted octanol–water partition coefficient (Wildman–Crippen LogP) is 12.0. The van der Waals surface area contributed by atoms with Crippen LogP contribution in [0.3, 0.4) is 0 Å². The summed E-state index contributed by atoms with van der Waals surface area (Å²) in [4.78, 5) is 0. The van der Waals surface area contributed by atoms with E-state index in [2.05, 4.69) is 245 Å². The van der Waals surface area contributed by atoms with Crippen LogP contribution in [0.15, 0.2) is 182 Å². The van der Waals surface area contributed by atoms with Crippen molar-refractivity contribution in [2.75, 3.05) is 25.7 Å². The van der Waals surface area contributed by atoms with E-state index >= 15 is 0 Å². The highest BCUT2D eigenvalue weighted by Crippen LogP contribution is 2.59. The molecule has 1 aliphatic rings. The lowest BCUT2D eigenvalue weighted by Crippen LogP contribution is -2.69. The van der Waals surface area contributed by atoms with E-state index in [9.17, 15) is 0 Å². The molecular weight excluding hydrogens is 888 g/mol. The maximum absolute atomic E-state index is 7.60. The summed E-state index contributed by atoms with van der Waals surface area (Å²) in [5.74, 6) is 0.789. The topological polar surface area (TPSA) is 18.5 Å². The van der Waals surface area contributed by atoms with E-state index in [1.165, 1.54) is 31.1 Å². The second kappa shape index (κ2) is 20.8. The van der Waals surface area contributed by atoms with Gasteiger partial charge in [-0.05, 0) is 71.1 Å². The molecule has 338 valence electrons. The molecule has 2 atom stereocenters. The Labute approximate surface area is 403 Å². The first-order chi connectivity index (χ1) is 30.4. The van der Waals surface area contributed by atoms with E-state index in [-0.39, 0.29) is 19.2 Å². The Balaban J connectivity index is 0.000000315. The molecule has 0 amide bonds. The molecule has 0 heterocycles. The summed E-state index contributed by atoms with van der Waals surface area (Å²) in [6.45, 7) is 22.4. The maximum atomic E-state index is 7.60. The molecule has 0 aromatic heterocycles. The summed E-state index contributed by atoms with van der Waals surface area (Å²) in [7, 11) is -7.52. The monoisotopic (exact) mass is 958 g/mol. The van der Waals surface area contributed by atoms with E-state index in [1.807, 2.05) is 35.7 Å². The second-order valence-electron chi connectivity index (χ2n) is 20.4. The fraction of sp³-hybridized carbons (Fsp3) is 0.357. The van der Waals surface area contributed by atoms with Gasteiger partial charge in [0.15, 0.2) is 0 Å². The normalized spacial score (nSPS) is 16.9.